The fourth-order valence-corrected chi connectivity index (χ4v) is 1.28. The molecule has 0 aromatic heterocycles. The lowest BCUT2D eigenvalue weighted by molar-refractivity contribution is 0.173. The summed E-state index contributed by atoms with van der Waals surface area (Å²) in [6.45, 7) is 6.94. The van der Waals surface area contributed by atoms with Crippen molar-refractivity contribution in [2.45, 2.75) is 33.3 Å². The Balaban J connectivity index is 2.56. The van der Waals surface area contributed by atoms with Crippen LogP contribution in [0.15, 0.2) is 24.3 Å². The average Bonchev–Trinajstić information content (AvgIpc) is 2.26. The zero-order chi connectivity index (χ0) is 11.3. The Morgan fingerprint density at radius 3 is 2.27 bits per heavy atom. The number of benzene rings is 1. The molecule has 2 heteroatoms. The van der Waals surface area contributed by atoms with Crippen molar-refractivity contribution in [3.8, 4) is 5.75 Å². The van der Waals surface area contributed by atoms with E-state index >= 15 is 0 Å². The molecule has 15 heavy (non-hydrogen) atoms. The molecule has 1 aromatic carbocycles. The van der Waals surface area contributed by atoms with Crippen molar-refractivity contribution < 1.29 is 9.84 Å². The molecule has 0 radical (unpaired) electrons. The number of rotatable bonds is 5. The molecule has 0 fully saturated rings. The molecule has 1 aromatic rings. The van der Waals surface area contributed by atoms with Crippen molar-refractivity contribution in [3.05, 3.63) is 29.8 Å². The van der Waals surface area contributed by atoms with Crippen molar-refractivity contribution >= 4 is 0 Å². The molecule has 0 spiro atoms. The van der Waals surface area contributed by atoms with E-state index in [9.17, 15) is 5.11 Å². The van der Waals surface area contributed by atoms with Gasteiger partial charge in [0.1, 0.15) is 5.75 Å². The molecule has 0 amide bonds. The molecule has 0 saturated heterocycles. The Hall–Kier alpha value is -1.02. The molecule has 0 bridgehead atoms. The fraction of sp³-hybridized carbons (Fsp3) is 0.538. The number of ether oxygens (including phenoxy) is 1. The zero-order valence-corrected chi connectivity index (χ0v) is 9.73. The van der Waals surface area contributed by atoms with Crippen molar-refractivity contribution in [1.29, 1.82) is 0 Å². The van der Waals surface area contributed by atoms with Crippen LogP contribution >= 0.6 is 0 Å². The molecule has 1 rings (SSSR count). The Morgan fingerprint density at radius 2 is 1.80 bits per heavy atom. The lowest BCUT2D eigenvalue weighted by atomic mass is 10.1. The molecule has 0 unspecified atom stereocenters. The quantitative estimate of drug-likeness (QED) is 0.805. The largest absolute Gasteiger partial charge is 0.493 e. The van der Waals surface area contributed by atoms with Crippen LogP contribution in [0.1, 0.15) is 38.9 Å². The van der Waals surface area contributed by atoms with E-state index in [1.807, 2.05) is 31.2 Å². The zero-order valence-electron chi connectivity index (χ0n) is 9.73. The summed E-state index contributed by atoms with van der Waals surface area (Å²) in [6, 6.07) is 7.67. The van der Waals surface area contributed by atoms with Crippen LogP contribution in [0, 0.1) is 5.92 Å². The van der Waals surface area contributed by atoms with Gasteiger partial charge in [-0.1, -0.05) is 32.9 Å². The van der Waals surface area contributed by atoms with Crippen LogP contribution in [0.2, 0.25) is 0 Å². The van der Waals surface area contributed by atoms with Gasteiger partial charge >= 0.3 is 0 Å². The predicted molar refractivity (Wildman–Crippen MR) is 62.0 cm³/mol. The molecule has 1 atom stereocenters. The first-order valence-electron chi connectivity index (χ1n) is 5.54. The first kappa shape index (κ1) is 12.1. The normalized spacial score (nSPS) is 12.9. The van der Waals surface area contributed by atoms with Gasteiger partial charge < -0.3 is 9.84 Å². The topological polar surface area (TPSA) is 29.5 Å². The summed E-state index contributed by atoms with van der Waals surface area (Å²) in [5.74, 6) is 1.40. The first-order valence-corrected chi connectivity index (χ1v) is 5.54. The third kappa shape index (κ3) is 3.92. The van der Waals surface area contributed by atoms with Crippen LogP contribution in [0.5, 0.6) is 5.75 Å². The molecule has 0 aliphatic carbocycles. The van der Waals surface area contributed by atoms with Gasteiger partial charge in [0.15, 0.2) is 0 Å². The highest BCUT2D eigenvalue weighted by atomic mass is 16.5. The molecule has 1 N–H and O–H groups in total. The minimum atomic E-state index is -0.357. The van der Waals surface area contributed by atoms with Crippen molar-refractivity contribution in [3.63, 3.8) is 0 Å². The minimum absolute atomic E-state index is 0.357. The van der Waals surface area contributed by atoms with Gasteiger partial charge in [0.2, 0.25) is 0 Å². The monoisotopic (exact) mass is 208 g/mol. The number of hydrogen-bond donors (Lipinski definition) is 1. The minimum Gasteiger partial charge on any atom is -0.493 e. The molecule has 0 aliphatic rings. The highest BCUT2D eigenvalue weighted by molar-refractivity contribution is 5.28. The Morgan fingerprint density at radius 1 is 1.20 bits per heavy atom. The summed E-state index contributed by atoms with van der Waals surface area (Å²) < 4.78 is 5.55. The summed E-state index contributed by atoms with van der Waals surface area (Å²) in [6.07, 6.45) is 0.385. The Kier molecular flexibility index (Phi) is 4.63. The van der Waals surface area contributed by atoms with Gasteiger partial charge in [0.05, 0.1) is 12.7 Å². The summed E-state index contributed by atoms with van der Waals surface area (Å²) >= 11 is 0. The maximum absolute atomic E-state index is 9.60. The Labute approximate surface area is 91.9 Å². The van der Waals surface area contributed by atoms with Crippen LogP contribution in [0.25, 0.3) is 0 Å². The highest BCUT2D eigenvalue weighted by Crippen LogP contribution is 2.20. The molecular weight excluding hydrogens is 188 g/mol. The molecule has 84 valence electrons. The Bertz CT molecular complexity index is 277. The third-order valence-electron chi connectivity index (χ3n) is 2.23. The standard InChI is InChI=1S/C13H20O2/c1-4-13(14)11-5-7-12(8-6-11)15-9-10(2)3/h5-8,10,13-14H,4,9H2,1-3H3/t13-/m0/s1. The highest BCUT2D eigenvalue weighted by Gasteiger charge is 2.04. The second kappa shape index (κ2) is 5.76. The van der Waals surface area contributed by atoms with Gasteiger partial charge in [-0.3, -0.25) is 0 Å². The van der Waals surface area contributed by atoms with Crippen LogP contribution in [-0.2, 0) is 0 Å². The maximum Gasteiger partial charge on any atom is 0.119 e. The molecule has 0 aliphatic heterocycles. The van der Waals surface area contributed by atoms with E-state index in [0.29, 0.717) is 5.92 Å². The number of aliphatic hydroxyl groups is 1. The second-order valence-corrected chi connectivity index (χ2v) is 4.20. The van der Waals surface area contributed by atoms with Crippen molar-refractivity contribution in [2.24, 2.45) is 5.92 Å². The summed E-state index contributed by atoms with van der Waals surface area (Å²) in [5, 5.41) is 9.60. The van der Waals surface area contributed by atoms with Crippen LogP contribution in [-0.4, -0.2) is 11.7 Å². The fourth-order valence-electron chi connectivity index (χ4n) is 1.28. The first-order chi connectivity index (χ1) is 7.13. The summed E-state index contributed by atoms with van der Waals surface area (Å²) in [4.78, 5) is 0. The van der Waals surface area contributed by atoms with Gasteiger partial charge in [0, 0.05) is 0 Å². The SMILES string of the molecule is CC[C@H](O)c1ccc(OCC(C)C)cc1. The van der Waals surface area contributed by atoms with E-state index in [1.54, 1.807) is 0 Å². The van der Waals surface area contributed by atoms with Gasteiger partial charge in [-0.05, 0) is 30.0 Å². The lowest BCUT2D eigenvalue weighted by Gasteiger charge is -2.11. The van der Waals surface area contributed by atoms with Gasteiger partial charge in [-0.2, -0.15) is 0 Å². The van der Waals surface area contributed by atoms with Crippen molar-refractivity contribution in [2.75, 3.05) is 6.61 Å². The second-order valence-electron chi connectivity index (χ2n) is 4.20. The smallest absolute Gasteiger partial charge is 0.119 e. The lowest BCUT2D eigenvalue weighted by Crippen LogP contribution is -2.04. The molecular formula is C13H20O2. The van der Waals surface area contributed by atoms with E-state index in [-0.39, 0.29) is 6.10 Å². The third-order valence-corrected chi connectivity index (χ3v) is 2.23. The van der Waals surface area contributed by atoms with E-state index in [2.05, 4.69) is 13.8 Å². The summed E-state index contributed by atoms with van der Waals surface area (Å²) in [5.41, 5.74) is 0.953. The average molecular weight is 208 g/mol. The van der Waals surface area contributed by atoms with Gasteiger partial charge in [-0.15, -0.1) is 0 Å². The number of hydrogen-bond acceptors (Lipinski definition) is 2. The van der Waals surface area contributed by atoms with Crippen molar-refractivity contribution in [1.82, 2.24) is 0 Å². The van der Waals surface area contributed by atoms with E-state index < -0.39 is 0 Å². The van der Waals surface area contributed by atoms with E-state index in [0.717, 1.165) is 24.3 Å². The van der Waals surface area contributed by atoms with Gasteiger partial charge in [0.25, 0.3) is 0 Å². The molecule has 2 nitrogen and oxygen atoms in total. The van der Waals surface area contributed by atoms with Crippen LogP contribution in [0.4, 0.5) is 0 Å². The van der Waals surface area contributed by atoms with Crippen LogP contribution in [0.3, 0.4) is 0 Å². The van der Waals surface area contributed by atoms with Crippen LogP contribution < -0.4 is 4.74 Å². The maximum atomic E-state index is 9.60. The number of aliphatic hydroxyl groups excluding tert-OH is 1. The van der Waals surface area contributed by atoms with Gasteiger partial charge in [-0.25, -0.2) is 0 Å². The summed E-state index contributed by atoms with van der Waals surface area (Å²) in [7, 11) is 0. The molecule has 0 saturated carbocycles. The van der Waals surface area contributed by atoms with E-state index in [4.69, 9.17) is 4.74 Å². The van der Waals surface area contributed by atoms with E-state index in [1.165, 1.54) is 0 Å². The molecule has 0 heterocycles. The predicted octanol–water partition coefficient (Wildman–Crippen LogP) is 3.16.